The molecule has 1 saturated carbocycles. The summed E-state index contributed by atoms with van der Waals surface area (Å²) in [6, 6.07) is 7.12. The minimum absolute atomic E-state index is 0.257. The van der Waals surface area contributed by atoms with Gasteiger partial charge in [-0.15, -0.1) is 0 Å². The number of hydrogen-bond donors (Lipinski definition) is 1. The van der Waals surface area contributed by atoms with Gasteiger partial charge in [-0.25, -0.2) is 4.79 Å². The van der Waals surface area contributed by atoms with Gasteiger partial charge in [0, 0.05) is 16.5 Å². The first-order valence-electron chi connectivity index (χ1n) is 6.27. The van der Waals surface area contributed by atoms with E-state index in [9.17, 15) is 9.90 Å². The fraction of sp³-hybridized carbons (Fsp3) is 0.267. The van der Waals surface area contributed by atoms with Gasteiger partial charge in [0.15, 0.2) is 0 Å². The molecule has 0 amide bonds. The average Bonchev–Trinajstić information content (AvgIpc) is 2.72. The lowest BCUT2D eigenvalue weighted by Gasteiger charge is -2.23. The highest BCUT2D eigenvalue weighted by atomic mass is 35.5. The average molecular weight is 277 g/mol. The molecular weight excluding hydrogens is 264 g/mol. The van der Waals surface area contributed by atoms with Crippen LogP contribution in [-0.2, 0) is 0 Å². The Labute approximate surface area is 115 Å². The van der Waals surface area contributed by atoms with Crippen LogP contribution in [0, 0.1) is 0 Å². The van der Waals surface area contributed by atoms with Gasteiger partial charge >= 0.3 is 5.97 Å². The largest absolute Gasteiger partial charge is 0.478 e. The van der Waals surface area contributed by atoms with E-state index in [1.807, 2.05) is 12.1 Å². The Bertz CT molecular complexity index is 609. The second-order valence-corrected chi connectivity index (χ2v) is 5.26. The van der Waals surface area contributed by atoms with Crippen LogP contribution in [0.3, 0.4) is 0 Å². The Morgan fingerprint density at radius 3 is 2.47 bits per heavy atom. The van der Waals surface area contributed by atoms with Gasteiger partial charge in [0.25, 0.3) is 0 Å². The fourth-order valence-corrected chi connectivity index (χ4v) is 2.53. The molecule has 0 atom stereocenters. The van der Waals surface area contributed by atoms with E-state index < -0.39 is 5.97 Å². The third-order valence-corrected chi connectivity index (χ3v) is 3.92. The third-order valence-electron chi connectivity index (χ3n) is 3.66. The molecule has 0 aliphatic heterocycles. The number of rotatable bonds is 3. The Kier molecular flexibility index (Phi) is 3.07. The van der Waals surface area contributed by atoms with E-state index in [-0.39, 0.29) is 5.92 Å². The van der Waals surface area contributed by atoms with E-state index >= 15 is 0 Å². The SMILES string of the molecule is O=C(O)c1c(-c2ccc(Cl)cc2)coc1C1CCC1. The van der Waals surface area contributed by atoms with Crippen LogP contribution in [0.5, 0.6) is 0 Å². The molecule has 98 valence electrons. The molecule has 3 rings (SSSR count). The van der Waals surface area contributed by atoms with Crippen LogP contribution in [0.4, 0.5) is 0 Å². The van der Waals surface area contributed by atoms with Crippen molar-refractivity contribution in [3.8, 4) is 11.1 Å². The maximum Gasteiger partial charge on any atom is 0.339 e. The number of furan rings is 1. The summed E-state index contributed by atoms with van der Waals surface area (Å²) in [5.41, 5.74) is 1.74. The van der Waals surface area contributed by atoms with Crippen molar-refractivity contribution in [1.29, 1.82) is 0 Å². The number of aromatic carboxylic acids is 1. The van der Waals surface area contributed by atoms with E-state index in [1.165, 1.54) is 0 Å². The molecule has 1 aromatic heterocycles. The number of hydrogen-bond acceptors (Lipinski definition) is 2. The van der Waals surface area contributed by atoms with Gasteiger partial charge in [-0.05, 0) is 30.5 Å². The summed E-state index contributed by atoms with van der Waals surface area (Å²) in [4.78, 5) is 11.5. The van der Waals surface area contributed by atoms with Gasteiger partial charge < -0.3 is 9.52 Å². The zero-order chi connectivity index (χ0) is 13.4. The van der Waals surface area contributed by atoms with Crippen LogP contribution in [0.15, 0.2) is 34.9 Å². The fourth-order valence-electron chi connectivity index (χ4n) is 2.41. The van der Waals surface area contributed by atoms with Crippen LogP contribution >= 0.6 is 11.6 Å². The Hall–Kier alpha value is -1.74. The number of carboxylic acids is 1. The smallest absolute Gasteiger partial charge is 0.339 e. The predicted octanol–water partition coefficient (Wildman–Crippen LogP) is 4.57. The lowest BCUT2D eigenvalue weighted by atomic mass is 9.81. The monoisotopic (exact) mass is 276 g/mol. The van der Waals surface area contributed by atoms with Gasteiger partial charge in [-0.1, -0.05) is 30.2 Å². The van der Waals surface area contributed by atoms with E-state index in [0.717, 1.165) is 24.8 Å². The molecule has 0 unspecified atom stereocenters. The van der Waals surface area contributed by atoms with Crippen molar-refractivity contribution in [2.24, 2.45) is 0 Å². The van der Waals surface area contributed by atoms with Crippen LogP contribution in [0.25, 0.3) is 11.1 Å². The molecule has 1 heterocycles. The molecule has 3 nitrogen and oxygen atoms in total. The van der Waals surface area contributed by atoms with Crippen molar-refractivity contribution in [2.45, 2.75) is 25.2 Å². The molecule has 1 aliphatic carbocycles. The van der Waals surface area contributed by atoms with Crippen molar-refractivity contribution in [3.63, 3.8) is 0 Å². The topological polar surface area (TPSA) is 50.4 Å². The summed E-state index contributed by atoms with van der Waals surface area (Å²) in [5.74, 6) is -0.0588. The number of halogens is 1. The molecular formula is C15H13ClO3. The van der Waals surface area contributed by atoms with Gasteiger partial charge in [-0.2, -0.15) is 0 Å². The highest BCUT2D eigenvalue weighted by Gasteiger charge is 2.30. The summed E-state index contributed by atoms with van der Waals surface area (Å²) >= 11 is 5.85. The van der Waals surface area contributed by atoms with E-state index in [4.69, 9.17) is 16.0 Å². The molecule has 0 saturated heterocycles. The molecule has 0 bridgehead atoms. The first-order valence-corrected chi connectivity index (χ1v) is 6.65. The van der Waals surface area contributed by atoms with E-state index in [0.29, 0.717) is 21.9 Å². The van der Waals surface area contributed by atoms with Gasteiger partial charge in [-0.3, -0.25) is 0 Å². The minimum Gasteiger partial charge on any atom is -0.478 e. The summed E-state index contributed by atoms with van der Waals surface area (Å²) < 4.78 is 5.53. The number of carboxylic acid groups (broad SMARTS) is 1. The molecule has 1 aromatic carbocycles. The lowest BCUT2D eigenvalue weighted by Crippen LogP contribution is -2.12. The van der Waals surface area contributed by atoms with Crippen LogP contribution in [-0.4, -0.2) is 11.1 Å². The first kappa shape index (κ1) is 12.3. The molecule has 19 heavy (non-hydrogen) atoms. The van der Waals surface area contributed by atoms with Crippen LogP contribution < -0.4 is 0 Å². The van der Waals surface area contributed by atoms with Crippen molar-refractivity contribution < 1.29 is 14.3 Å². The predicted molar refractivity (Wildman–Crippen MR) is 72.7 cm³/mol. The maximum absolute atomic E-state index is 11.5. The molecule has 1 N–H and O–H groups in total. The lowest BCUT2D eigenvalue weighted by molar-refractivity contribution is 0.0693. The molecule has 1 fully saturated rings. The van der Waals surface area contributed by atoms with Gasteiger partial charge in [0.2, 0.25) is 0 Å². The van der Waals surface area contributed by atoms with Gasteiger partial charge in [0.05, 0.1) is 6.26 Å². The maximum atomic E-state index is 11.5. The molecule has 2 aromatic rings. The van der Waals surface area contributed by atoms with Gasteiger partial charge in [0.1, 0.15) is 11.3 Å². The molecule has 4 heteroatoms. The Balaban J connectivity index is 2.08. The molecule has 0 spiro atoms. The molecule has 0 radical (unpaired) electrons. The van der Waals surface area contributed by atoms with E-state index in [2.05, 4.69) is 0 Å². The van der Waals surface area contributed by atoms with Crippen LogP contribution in [0.2, 0.25) is 5.02 Å². The van der Waals surface area contributed by atoms with Crippen LogP contribution in [0.1, 0.15) is 41.3 Å². The second-order valence-electron chi connectivity index (χ2n) is 4.83. The van der Waals surface area contributed by atoms with E-state index in [1.54, 1.807) is 18.4 Å². The quantitative estimate of drug-likeness (QED) is 0.893. The summed E-state index contributed by atoms with van der Waals surface area (Å²) in [6.07, 6.45) is 4.70. The minimum atomic E-state index is -0.930. The van der Waals surface area contributed by atoms with Crippen molar-refractivity contribution in [2.75, 3.05) is 0 Å². The highest BCUT2D eigenvalue weighted by molar-refractivity contribution is 6.30. The molecule has 1 aliphatic rings. The summed E-state index contributed by atoms with van der Waals surface area (Å²) in [7, 11) is 0. The highest BCUT2D eigenvalue weighted by Crippen LogP contribution is 2.41. The van der Waals surface area contributed by atoms with Crippen molar-refractivity contribution in [1.82, 2.24) is 0 Å². The van der Waals surface area contributed by atoms with Crippen molar-refractivity contribution in [3.05, 3.63) is 46.9 Å². The number of carbonyl (C=O) groups is 1. The zero-order valence-electron chi connectivity index (χ0n) is 10.2. The normalized spacial score (nSPS) is 15.2. The standard InChI is InChI=1S/C15H13ClO3/c16-11-6-4-9(5-7-11)12-8-19-14(10-2-1-3-10)13(12)15(17)18/h4-8,10H,1-3H2,(H,17,18). The Morgan fingerprint density at radius 1 is 1.26 bits per heavy atom. The number of benzene rings is 1. The Morgan fingerprint density at radius 2 is 1.95 bits per heavy atom. The second kappa shape index (κ2) is 4.74. The van der Waals surface area contributed by atoms with Crippen molar-refractivity contribution >= 4 is 17.6 Å². The third kappa shape index (κ3) is 2.15. The summed E-state index contributed by atoms with van der Waals surface area (Å²) in [6.45, 7) is 0. The zero-order valence-corrected chi connectivity index (χ0v) is 11.0. The summed E-state index contributed by atoms with van der Waals surface area (Å²) in [5, 5.41) is 10.1. The first-order chi connectivity index (χ1) is 9.16.